The molecule has 4 N–H and O–H groups in total. The number of ether oxygens (including phenoxy) is 1. The van der Waals surface area contributed by atoms with E-state index in [1.807, 2.05) is 0 Å². The van der Waals surface area contributed by atoms with Crippen molar-refractivity contribution in [1.29, 1.82) is 0 Å². The van der Waals surface area contributed by atoms with Crippen molar-refractivity contribution in [3.05, 3.63) is 22.7 Å². The quantitative estimate of drug-likeness (QED) is 0.486. The van der Waals surface area contributed by atoms with Crippen LogP contribution in [0.5, 0.6) is 0 Å². The highest BCUT2D eigenvalue weighted by molar-refractivity contribution is 8.00. The Hall–Kier alpha value is -1.23. The van der Waals surface area contributed by atoms with Crippen molar-refractivity contribution in [2.75, 3.05) is 23.8 Å². The van der Waals surface area contributed by atoms with Gasteiger partial charge in [-0.3, -0.25) is 13.9 Å². The minimum absolute atomic E-state index is 0.107. The molecule has 1 aromatic rings. The predicted molar refractivity (Wildman–Crippen MR) is 77.5 cm³/mol. The minimum atomic E-state index is -4.48. The number of amides is 1. The number of carbonyl (C=O) groups excluding carboxylic acids is 1. The van der Waals surface area contributed by atoms with E-state index in [0.29, 0.717) is 5.75 Å². The van der Waals surface area contributed by atoms with E-state index in [9.17, 15) is 14.2 Å². The van der Waals surface area contributed by atoms with Crippen LogP contribution in [-0.4, -0.2) is 54.3 Å². The van der Waals surface area contributed by atoms with Gasteiger partial charge in [-0.1, -0.05) is 0 Å². The first-order chi connectivity index (χ1) is 10.3. The Kier molecular flexibility index (Phi) is 5.37. The van der Waals surface area contributed by atoms with E-state index in [-0.39, 0.29) is 12.4 Å². The Morgan fingerprint density at radius 3 is 2.86 bits per heavy atom. The third kappa shape index (κ3) is 4.63. The Labute approximate surface area is 128 Å². The molecule has 1 aliphatic heterocycles. The highest BCUT2D eigenvalue weighted by Gasteiger charge is 2.27. The van der Waals surface area contributed by atoms with Gasteiger partial charge in [0.1, 0.15) is 23.6 Å². The average molecular weight is 351 g/mol. The van der Waals surface area contributed by atoms with Crippen LogP contribution >= 0.6 is 19.4 Å². The smallest absolute Gasteiger partial charge is 0.351 e. The fourth-order valence-corrected chi connectivity index (χ4v) is 3.14. The molecule has 122 valence electrons. The summed E-state index contributed by atoms with van der Waals surface area (Å²) in [6.45, 7) is -0.167. The lowest BCUT2D eigenvalue weighted by atomic mass is 10.5. The van der Waals surface area contributed by atoms with Gasteiger partial charge in [0.25, 0.3) is 0 Å². The van der Waals surface area contributed by atoms with Crippen LogP contribution in [0.4, 0.5) is 5.82 Å². The second-order valence-electron chi connectivity index (χ2n) is 4.41. The summed E-state index contributed by atoms with van der Waals surface area (Å²) in [5.41, 5.74) is -1.09. The second kappa shape index (κ2) is 6.90. The molecule has 12 heteroatoms. The monoisotopic (exact) mass is 351 g/mol. The molecule has 0 aliphatic carbocycles. The van der Waals surface area contributed by atoms with Gasteiger partial charge in [-0.25, -0.2) is 4.79 Å². The van der Waals surface area contributed by atoms with Crippen molar-refractivity contribution in [3.63, 3.8) is 0 Å². The van der Waals surface area contributed by atoms with Crippen molar-refractivity contribution < 1.29 is 29.0 Å². The number of hydrogen-bond donors (Lipinski definition) is 4. The van der Waals surface area contributed by atoms with Crippen LogP contribution in [0.25, 0.3) is 0 Å². The molecule has 0 aromatic carbocycles. The van der Waals surface area contributed by atoms with E-state index in [2.05, 4.69) is 10.3 Å². The number of nitrogens with zero attached hydrogens (tertiary/aromatic N) is 2. The third-order valence-electron chi connectivity index (χ3n) is 2.64. The summed E-state index contributed by atoms with van der Waals surface area (Å²) in [4.78, 5) is 44.2. The number of aliphatic hydroxyl groups excluding tert-OH is 1. The number of thioether (sulfide) groups is 1. The molecule has 1 saturated heterocycles. The predicted octanol–water partition coefficient (Wildman–Crippen LogP) is -1.06. The Bertz CT molecular complexity index is 660. The topological polar surface area (TPSA) is 151 Å². The van der Waals surface area contributed by atoms with Crippen molar-refractivity contribution in [2.45, 2.75) is 11.7 Å². The summed E-state index contributed by atoms with van der Waals surface area (Å²) in [5, 5.41) is 11.1. The largest absolute Gasteiger partial charge is 0.393 e. The molecule has 10 nitrogen and oxygen atoms in total. The van der Waals surface area contributed by atoms with Crippen molar-refractivity contribution >= 4 is 31.1 Å². The van der Waals surface area contributed by atoms with Crippen LogP contribution in [0.2, 0.25) is 0 Å². The molecule has 0 radical (unpaired) electrons. The lowest BCUT2D eigenvalue weighted by Crippen LogP contribution is -2.29. The number of aromatic nitrogens is 2. The number of anilines is 1. The SMILES string of the molecule is O=C(CP(=O)(O)O)Nc1ccn([C@H]2CS[C@@H](CO)O2)c(=O)n1. The highest BCUT2D eigenvalue weighted by atomic mass is 32.2. The normalized spacial score (nSPS) is 21.8. The first-order valence-corrected chi connectivity index (χ1v) is 8.94. The van der Waals surface area contributed by atoms with Crippen LogP contribution in [0.1, 0.15) is 6.23 Å². The maximum absolute atomic E-state index is 11.9. The van der Waals surface area contributed by atoms with Gasteiger partial charge < -0.3 is 24.9 Å². The molecule has 0 bridgehead atoms. The van der Waals surface area contributed by atoms with E-state index in [1.54, 1.807) is 0 Å². The average Bonchev–Trinajstić information content (AvgIpc) is 2.85. The van der Waals surface area contributed by atoms with Gasteiger partial charge in [0.2, 0.25) is 5.91 Å². The summed E-state index contributed by atoms with van der Waals surface area (Å²) in [5.74, 6) is -0.577. The zero-order chi connectivity index (χ0) is 16.3. The van der Waals surface area contributed by atoms with Crippen LogP contribution < -0.4 is 11.0 Å². The van der Waals surface area contributed by atoms with Gasteiger partial charge in [-0.2, -0.15) is 4.98 Å². The lowest BCUT2D eigenvalue weighted by Gasteiger charge is -2.14. The maximum Gasteiger partial charge on any atom is 0.351 e. The summed E-state index contributed by atoms with van der Waals surface area (Å²) in [6, 6.07) is 1.32. The number of nitrogens with one attached hydrogen (secondary N) is 1. The van der Waals surface area contributed by atoms with Crippen LogP contribution in [0.3, 0.4) is 0 Å². The van der Waals surface area contributed by atoms with Gasteiger partial charge in [0, 0.05) is 11.9 Å². The maximum atomic E-state index is 11.9. The van der Waals surface area contributed by atoms with E-state index in [0.717, 1.165) is 0 Å². The number of aliphatic hydroxyl groups is 1. The van der Waals surface area contributed by atoms with Crippen molar-refractivity contribution in [1.82, 2.24) is 9.55 Å². The summed E-state index contributed by atoms with van der Waals surface area (Å²) >= 11 is 1.36. The van der Waals surface area contributed by atoms with E-state index in [1.165, 1.54) is 28.6 Å². The van der Waals surface area contributed by atoms with E-state index >= 15 is 0 Å². The lowest BCUT2D eigenvalue weighted by molar-refractivity contribution is -0.114. The van der Waals surface area contributed by atoms with Crippen LogP contribution in [-0.2, 0) is 14.1 Å². The van der Waals surface area contributed by atoms with Gasteiger partial charge in [-0.15, -0.1) is 11.8 Å². The number of carbonyl (C=O) groups is 1. The van der Waals surface area contributed by atoms with Gasteiger partial charge in [0.15, 0.2) is 0 Å². The molecule has 1 aromatic heterocycles. The number of hydrogen-bond acceptors (Lipinski definition) is 7. The zero-order valence-corrected chi connectivity index (χ0v) is 12.9. The minimum Gasteiger partial charge on any atom is -0.393 e. The van der Waals surface area contributed by atoms with Crippen molar-refractivity contribution in [2.24, 2.45) is 0 Å². The molecule has 2 rings (SSSR count). The summed E-state index contributed by atoms with van der Waals surface area (Å²) in [7, 11) is -4.48. The van der Waals surface area contributed by atoms with Crippen LogP contribution in [0.15, 0.2) is 17.1 Å². The van der Waals surface area contributed by atoms with E-state index < -0.39 is 37.0 Å². The summed E-state index contributed by atoms with van der Waals surface area (Å²) < 4.78 is 17.3. The molecule has 0 unspecified atom stereocenters. The van der Waals surface area contributed by atoms with Gasteiger partial charge in [-0.05, 0) is 6.07 Å². The van der Waals surface area contributed by atoms with Gasteiger partial charge in [0.05, 0.1) is 6.61 Å². The fraction of sp³-hybridized carbons (Fsp3) is 0.500. The Balaban J connectivity index is 2.06. The van der Waals surface area contributed by atoms with Crippen LogP contribution in [0, 0.1) is 0 Å². The first-order valence-electron chi connectivity index (χ1n) is 6.10. The summed E-state index contributed by atoms with van der Waals surface area (Å²) in [6.07, 6.45) is -0.201. The van der Waals surface area contributed by atoms with Gasteiger partial charge >= 0.3 is 13.3 Å². The Morgan fingerprint density at radius 1 is 1.59 bits per heavy atom. The third-order valence-corrected chi connectivity index (χ3v) is 4.45. The highest BCUT2D eigenvalue weighted by Crippen LogP contribution is 2.33. The molecular weight excluding hydrogens is 337 g/mol. The molecule has 0 saturated carbocycles. The molecule has 1 amide bonds. The fourth-order valence-electron chi connectivity index (χ4n) is 1.76. The molecule has 2 atom stereocenters. The standard InChI is InChI=1S/C10H14N3O7PS/c14-3-9-20-8(5-22-9)13-2-1-6(12-10(13)16)11-7(15)4-21(17,18)19/h1-2,8-9,14H,3-5H2,(H2,17,18,19)(H,11,12,15,16)/t8-,9+/m1/s1. The molecule has 1 aliphatic rings. The molecular formula is C10H14N3O7PS. The molecule has 2 heterocycles. The molecule has 22 heavy (non-hydrogen) atoms. The first kappa shape index (κ1) is 17.1. The molecule has 0 spiro atoms. The second-order valence-corrected chi connectivity index (χ2v) is 7.25. The zero-order valence-electron chi connectivity index (χ0n) is 11.2. The molecule has 1 fully saturated rings. The Morgan fingerprint density at radius 2 is 2.32 bits per heavy atom. The van der Waals surface area contributed by atoms with E-state index in [4.69, 9.17) is 19.6 Å². The van der Waals surface area contributed by atoms with Crippen molar-refractivity contribution in [3.8, 4) is 0 Å². The number of rotatable bonds is 5.